The topological polar surface area (TPSA) is 29.3 Å². The van der Waals surface area contributed by atoms with Crippen LogP contribution in [0.1, 0.15) is 52.6 Å². The Kier molecular flexibility index (Phi) is 5.67. The average molecular weight is 248 g/mol. The minimum atomic E-state index is 0.134. The Balaban J connectivity index is 3.11. The van der Waals surface area contributed by atoms with Crippen LogP contribution in [0.2, 0.25) is 0 Å². The molecule has 0 saturated carbocycles. The molecule has 2 heteroatoms. The molecule has 2 N–H and O–H groups in total. The van der Waals surface area contributed by atoms with Crippen molar-refractivity contribution in [2.45, 2.75) is 53.1 Å². The van der Waals surface area contributed by atoms with Gasteiger partial charge >= 0.3 is 0 Å². The molecular weight excluding hydrogens is 220 g/mol. The molecule has 0 amide bonds. The van der Waals surface area contributed by atoms with Crippen LogP contribution in [-0.4, -0.2) is 12.6 Å². The van der Waals surface area contributed by atoms with Gasteiger partial charge in [-0.2, -0.15) is 0 Å². The lowest BCUT2D eigenvalue weighted by Gasteiger charge is -2.33. The molecule has 1 atom stereocenters. The number of benzene rings is 1. The highest BCUT2D eigenvalue weighted by atomic mass is 15.2. The van der Waals surface area contributed by atoms with E-state index in [-0.39, 0.29) is 6.04 Å². The first kappa shape index (κ1) is 15.0. The summed E-state index contributed by atoms with van der Waals surface area (Å²) >= 11 is 0. The van der Waals surface area contributed by atoms with Gasteiger partial charge in [0.2, 0.25) is 0 Å². The summed E-state index contributed by atoms with van der Waals surface area (Å²) in [6, 6.07) is 9.19. The summed E-state index contributed by atoms with van der Waals surface area (Å²) in [6.07, 6.45) is 0.977. The van der Waals surface area contributed by atoms with Gasteiger partial charge in [-0.05, 0) is 37.8 Å². The van der Waals surface area contributed by atoms with Crippen molar-refractivity contribution in [2.75, 3.05) is 11.4 Å². The Morgan fingerprint density at radius 2 is 1.72 bits per heavy atom. The van der Waals surface area contributed by atoms with Crippen molar-refractivity contribution in [3.8, 4) is 0 Å². The number of hydrogen-bond acceptors (Lipinski definition) is 2. The average Bonchev–Trinajstić information content (AvgIpc) is 2.34. The molecule has 0 bridgehead atoms. The molecule has 1 unspecified atom stereocenters. The van der Waals surface area contributed by atoms with Crippen LogP contribution < -0.4 is 10.6 Å². The van der Waals surface area contributed by atoms with E-state index in [1.807, 2.05) is 0 Å². The van der Waals surface area contributed by atoms with Gasteiger partial charge in [-0.25, -0.2) is 0 Å². The van der Waals surface area contributed by atoms with E-state index in [4.69, 9.17) is 5.73 Å². The van der Waals surface area contributed by atoms with E-state index in [2.05, 4.69) is 63.8 Å². The molecule has 0 spiro atoms. The van der Waals surface area contributed by atoms with Gasteiger partial charge < -0.3 is 10.6 Å². The zero-order chi connectivity index (χ0) is 13.7. The van der Waals surface area contributed by atoms with Crippen LogP contribution >= 0.6 is 0 Å². The minimum absolute atomic E-state index is 0.134. The second kappa shape index (κ2) is 6.79. The molecule has 0 heterocycles. The number of rotatable bonds is 6. The molecule has 102 valence electrons. The number of para-hydroxylation sites is 1. The Morgan fingerprint density at radius 3 is 2.22 bits per heavy atom. The fourth-order valence-corrected chi connectivity index (χ4v) is 2.26. The van der Waals surface area contributed by atoms with Crippen LogP contribution in [0.5, 0.6) is 0 Å². The van der Waals surface area contributed by atoms with E-state index in [1.54, 1.807) is 0 Å². The van der Waals surface area contributed by atoms with Crippen LogP contribution in [0.3, 0.4) is 0 Å². The van der Waals surface area contributed by atoms with E-state index in [1.165, 1.54) is 11.3 Å². The number of hydrogen-bond donors (Lipinski definition) is 1. The van der Waals surface area contributed by atoms with Crippen LogP contribution in [0.25, 0.3) is 0 Å². The third-order valence-corrected chi connectivity index (χ3v) is 3.27. The molecule has 0 radical (unpaired) electrons. The number of anilines is 1. The highest BCUT2D eigenvalue weighted by molar-refractivity contribution is 5.55. The Labute approximate surface area is 112 Å². The summed E-state index contributed by atoms with van der Waals surface area (Å²) < 4.78 is 0. The zero-order valence-corrected chi connectivity index (χ0v) is 12.5. The molecular formula is C16H28N2. The molecule has 0 fully saturated rings. The first-order valence-electron chi connectivity index (χ1n) is 7.08. The third kappa shape index (κ3) is 3.74. The smallest absolute Gasteiger partial charge is 0.0417 e. The predicted octanol–water partition coefficient (Wildman–Crippen LogP) is 3.97. The van der Waals surface area contributed by atoms with Crippen molar-refractivity contribution in [2.24, 2.45) is 11.7 Å². The van der Waals surface area contributed by atoms with Crippen LogP contribution in [0.4, 0.5) is 5.69 Å². The summed E-state index contributed by atoms with van der Waals surface area (Å²) in [6.45, 7) is 12.2. The van der Waals surface area contributed by atoms with Gasteiger partial charge in [0.15, 0.2) is 0 Å². The van der Waals surface area contributed by atoms with E-state index in [9.17, 15) is 0 Å². The fraction of sp³-hybridized carbons (Fsp3) is 0.625. The summed E-state index contributed by atoms with van der Waals surface area (Å²) in [5.74, 6) is 0.651. The van der Waals surface area contributed by atoms with Gasteiger partial charge in [0.05, 0.1) is 0 Å². The van der Waals surface area contributed by atoms with Crippen LogP contribution in [0.15, 0.2) is 24.3 Å². The largest absolute Gasteiger partial charge is 0.369 e. The van der Waals surface area contributed by atoms with Gasteiger partial charge in [-0.1, -0.05) is 39.0 Å². The fourth-order valence-electron chi connectivity index (χ4n) is 2.26. The number of nitrogens with two attached hydrogens (primary N) is 1. The van der Waals surface area contributed by atoms with E-state index < -0.39 is 0 Å². The second-order valence-corrected chi connectivity index (χ2v) is 5.71. The molecule has 0 aliphatic carbocycles. The maximum atomic E-state index is 6.24. The molecule has 18 heavy (non-hydrogen) atoms. The summed E-state index contributed by atoms with van der Waals surface area (Å²) in [4.78, 5) is 2.47. The van der Waals surface area contributed by atoms with Crippen molar-refractivity contribution >= 4 is 5.69 Å². The maximum Gasteiger partial charge on any atom is 0.0417 e. The van der Waals surface area contributed by atoms with Crippen molar-refractivity contribution in [3.05, 3.63) is 29.8 Å². The van der Waals surface area contributed by atoms with Crippen LogP contribution in [-0.2, 0) is 0 Å². The van der Waals surface area contributed by atoms with Crippen molar-refractivity contribution in [1.29, 1.82) is 0 Å². The lowest BCUT2D eigenvalue weighted by molar-refractivity contribution is 0.565. The van der Waals surface area contributed by atoms with E-state index in [0.717, 1.165) is 13.0 Å². The summed E-state index contributed by atoms with van der Waals surface area (Å²) in [5, 5.41) is 0. The van der Waals surface area contributed by atoms with E-state index >= 15 is 0 Å². The van der Waals surface area contributed by atoms with Gasteiger partial charge in [-0.3, -0.25) is 0 Å². The van der Waals surface area contributed by atoms with Gasteiger partial charge in [-0.15, -0.1) is 0 Å². The quantitative estimate of drug-likeness (QED) is 0.825. The lowest BCUT2D eigenvalue weighted by atomic mass is 10.0. The maximum absolute atomic E-state index is 6.24. The molecule has 0 aliphatic rings. The normalized spacial score (nSPS) is 13.1. The minimum Gasteiger partial charge on any atom is -0.369 e. The highest BCUT2D eigenvalue weighted by Crippen LogP contribution is 2.28. The summed E-state index contributed by atoms with van der Waals surface area (Å²) in [5.41, 5.74) is 8.81. The highest BCUT2D eigenvalue weighted by Gasteiger charge is 2.17. The Hall–Kier alpha value is -1.02. The monoisotopic (exact) mass is 248 g/mol. The number of nitrogens with zero attached hydrogens (tertiary/aromatic N) is 1. The molecule has 2 nitrogen and oxygen atoms in total. The lowest BCUT2D eigenvalue weighted by Crippen LogP contribution is -2.35. The van der Waals surface area contributed by atoms with Crippen molar-refractivity contribution in [3.63, 3.8) is 0 Å². The summed E-state index contributed by atoms with van der Waals surface area (Å²) in [7, 11) is 0. The Morgan fingerprint density at radius 1 is 1.11 bits per heavy atom. The third-order valence-electron chi connectivity index (χ3n) is 3.27. The van der Waals surface area contributed by atoms with Crippen molar-refractivity contribution < 1.29 is 0 Å². The standard InChI is InChI=1S/C16H28N2/c1-6-15(17)14-9-7-8-10-16(14)18(13(4)5)11-12(2)3/h7-10,12-13,15H,6,11,17H2,1-5H3. The second-order valence-electron chi connectivity index (χ2n) is 5.71. The van der Waals surface area contributed by atoms with Gasteiger partial charge in [0.1, 0.15) is 0 Å². The first-order valence-corrected chi connectivity index (χ1v) is 7.08. The first-order chi connectivity index (χ1) is 8.47. The van der Waals surface area contributed by atoms with Gasteiger partial charge in [0.25, 0.3) is 0 Å². The molecule has 0 saturated heterocycles. The predicted molar refractivity (Wildman–Crippen MR) is 81.0 cm³/mol. The molecule has 0 aliphatic heterocycles. The SMILES string of the molecule is CCC(N)c1ccccc1N(CC(C)C)C(C)C. The molecule has 1 aromatic carbocycles. The van der Waals surface area contributed by atoms with Gasteiger partial charge in [0, 0.05) is 24.3 Å². The zero-order valence-electron chi connectivity index (χ0n) is 12.5. The molecule has 1 rings (SSSR count). The van der Waals surface area contributed by atoms with Crippen LogP contribution in [0, 0.1) is 5.92 Å². The van der Waals surface area contributed by atoms with E-state index in [0.29, 0.717) is 12.0 Å². The molecule has 0 aromatic heterocycles. The Bertz CT molecular complexity index is 358. The molecule has 1 aromatic rings. The van der Waals surface area contributed by atoms with Crippen molar-refractivity contribution in [1.82, 2.24) is 0 Å².